The number of aliphatic imine (C=N–C) groups is 1. The van der Waals surface area contributed by atoms with Crippen molar-refractivity contribution in [1.29, 1.82) is 0 Å². The van der Waals surface area contributed by atoms with E-state index in [4.69, 9.17) is 4.99 Å². The summed E-state index contributed by atoms with van der Waals surface area (Å²) in [6.07, 6.45) is 3.33. The molecule has 0 bridgehead atoms. The van der Waals surface area contributed by atoms with Gasteiger partial charge in [-0.2, -0.15) is 0 Å². The number of amidine groups is 1. The second kappa shape index (κ2) is 8.69. The van der Waals surface area contributed by atoms with Gasteiger partial charge in [-0.3, -0.25) is 4.99 Å². The first kappa shape index (κ1) is 19.6. The van der Waals surface area contributed by atoms with E-state index in [-0.39, 0.29) is 5.82 Å². The lowest BCUT2D eigenvalue weighted by atomic mass is 9.95. The van der Waals surface area contributed by atoms with Crippen LogP contribution in [0.25, 0.3) is 0 Å². The summed E-state index contributed by atoms with van der Waals surface area (Å²) in [7, 11) is 0. The smallest absolute Gasteiger partial charge is 0.131 e. The molecule has 1 aliphatic rings. The predicted molar refractivity (Wildman–Crippen MR) is 112 cm³/mol. The lowest BCUT2D eigenvalue weighted by Gasteiger charge is -2.25. The van der Waals surface area contributed by atoms with Crippen molar-refractivity contribution in [2.24, 2.45) is 4.99 Å². The zero-order valence-corrected chi connectivity index (χ0v) is 17.1. The Bertz CT molecular complexity index is 823. The zero-order valence-electron chi connectivity index (χ0n) is 17.1. The van der Waals surface area contributed by atoms with Gasteiger partial charge in [0.05, 0.1) is 6.54 Å². The molecule has 3 rings (SSSR count). The van der Waals surface area contributed by atoms with Crippen LogP contribution in [0.2, 0.25) is 0 Å². The van der Waals surface area contributed by atoms with Crippen LogP contribution in [0, 0.1) is 5.82 Å². The molecule has 0 saturated carbocycles. The Hall–Kier alpha value is -2.16. The predicted octanol–water partition coefficient (Wildman–Crippen LogP) is 5.21. The van der Waals surface area contributed by atoms with E-state index < -0.39 is 0 Å². The van der Waals surface area contributed by atoms with Crippen molar-refractivity contribution < 1.29 is 4.39 Å². The Labute approximate surface area is 163 Å². The molecule has 2 nitrogen and oxygen atoms in total. The molecule has 0 aliphatic carbocycles. The third-order valence-electron chi connectivity index (χ3n) is 5.55. The standard InChI is InChI=1S/C24H31FN2/c1-5-18-8-7-9-21(23(18)25)12-10-20-11-13-22(16-19(20)6-2)24-26-14-15-27(24)17(3)4/h7-9,11,13,16-17H,5-6,10,12,14-15H2,1-4H3. The van der Waals surface area contributed by atoms with Crippen molar-refractivity contribution >= 4 is 5.84 Å². The lowest BCUT2D eigenvalue weighted by molar-refractivity contribution is 0.381. The summed E-state index contributed by atoms with van der Waals surface area (Å²) in [4.78, 5) is 7.11. The number of nitrogens with zero attached hydrogens (tertiary/aromatic N) is 2. The molecule has 0 amide bonds. The third kappa shape index (κ3) is 4.23. The minimum atomic E-state index is -0.0254. The molecule has 2 aromatic rings. The van der Waals surface area contributed by atoms with Crippen LogP contribution in [0.1, 0.15) is 55.5 Å². The highest BCUT2D eigenvalue weighted by Gasteiger charge is 2.21. The summed E-state index contributed by atoms with van der Waals surface area (Å²) in [5.41, 5.74) is 5.51. The van der Waals surface area contributed by atoms with Crippen LogP contribution >= 0.6 is 0 Å². The highest BCUT2D eigenvalue weighted by atomic mass is 19.1. The number of aryl methyl sites for hydroxylation is 4. The van der Waals surface area contributed by atoms with Crippen molar-refractivity contribution in [3.05, 3.63) is 70.0 Å². The molecular formula is C24H31FN2. The average molecular weight is 367 g/mol. The van der Waals surface area contributed by atoms with E-state index in [1.807, 2.05) is 25.1 Å². The van der Waals surface area contributed by atoms with Crippen LogP contribution in [0.4, 0.5) is 4.39 Å². The fourth-order valence-corrected chi connectivity index (χ4v) is 3.93. The van der Waals surface area contributed by atoms with Gasteiger partial charge in [-0.25, -0.2) is 4.39 Å². The number of halogens is 1. The fourth-order valence-electron chi connectivity index (χ4n) is 3.93. The topological polar surface area (TPSA) is 15.6 Å². The Morgan fingerprint density at radius 2 is 1.67 bits per heavy atom. The zero-order chi connectivity index (χ0) is 19.4. The second-order valence-electron chi connectivity index (χ2n) is 7.57. The van der Waals surface area contributed by atoms with Gasteiger partial charge in [0.25, 0.3) is 0 Å². The average Bonchev–Trinajstić information content (AvgIpc) is 3.17. The van der Waals surface area contributed by atoms with Crippen molar-refractivity contribution in [3.8, 4) is 0 Å². The van der Waals surface area contributed by atoms with Crippen molar-refractivity contribution in [2.45, 2.75) is 59.4 Å². The third-order valence-corrected chi connectivity index (χ3v) is 5.55. The number of benzene rings is 2. The van der Waals surface area contributed by atoms with E-state index in [1.54, 1.807) is 0 Å². The summed E-state index contributed by atoms with van der Waals surface area (Å²) in [5.74, 6) is 1.09. The Morgan fingerprint density at radius 3 is 2.37 bits per heavy atom. The quantitative estimate of drug-likeness (QED) is 0.657. The van der Waals surface area contributed by atoms with Crippen LogP contribution in [0.3, 0.4) is 0 Å². The van der Waals surface area contributed by atoms with Gasteiger partial charge in [0.2, 0.25) is 0 Å². The van der Waals surface area contributed by atoms with Gasteiger partial charge >= 0.3 is 0 Å². The Morgan fingerprint density at radius 1 is 0.963 bits per heavy atom. The normalized spacial score (nSPS) is 14.1. The van der Waals surface area contributed by atoms with Gasteiger partial charge < -0.3 is 4.90 Å². The molecule has 0 atom stereocenters. The second-order valence-corrected chi connectivity index (χ2v) is 7.57. The maximum atomic E-state index is 14.5. The Balaban J connectivity index is 1.79. The van der Waals surface area contributed by atoms with Crippen LogP contribution in [-0.4, -0.2) is 29.9 Å². The number of hydrogen-bond donors (Lipinski definition) is 0. The summed E-state index contributed by atoms with van der Waals surface area (Å²) in [6, 6.07) is 12.9. The minimum absolute atomic E-state index is 0.0254. The summed E-state index contributed by atoms with van der Waals surface area (Å²) < 4.78 is 14.5. The van der Waals surface area contributed by atoms with Crippen LogP contribution < -0.4 is 0 Å². The molecule has 0 aromatic heterocycles. The van der Waals surface area contributed by atoms with Crippen LogP contribution in [0.15, 0.2) is 41.4 Å². The molecule has 0 fully saturated rings. The van der Waals surface area contributed by atoms with Crippen molar-refractivity contribution in [3.63, 3.8) is 0 Å². The molecule has 0 N–H and O–H groups in total. The van der Waals surface area contributed by atoms with E-state index in [1.165, 1.54) is 16.7 Å². The molecule has 1 heterocycles. The van der Waals surface area contributed by atoms with Gasteiger partial charge in [0, 0.05) is 18.2 Å². The first-order valence-electron chi connectivity index (χ1n) is 10.2. The van der Waals surface area contributed by atoms with E-state index in [2.05, 4.69) is 43.9 Å². The van der Waals surface area contributed by atoms with Gasteiger partial charge in [-0.1, -0.05) is 44.2 Å². The maximum Gasteiger partial charge on any atom is 0.131 e. The van der Waals surface area contributed by atoms with E-state index >= 15 is 0 Å². The van der Waals surface area contributed by atoms with Crippen molar-refractivity contribution in [2.75, 3.05) is 13.1 Å². The molecule has 0 saturated heterocycles. The SMILES string of the molecule is CCc1cc(C2=NCCN2C(C)C)ccc1CCc1cccc(CC)c1F. The Kier molecular flexibility index (Phi) is 6.30. The summed E-state index contributed by atoms with van der Waals surface area (Å²) in [5, 5.41) is 0. The summed E-state index contributed by atoms with van der Waals surface area (Å²) in [6.45, 7) is 10.5. The number of rotatable bonds is 7. The molecule has 3 heteroatoms. The highest BCUT2D eigenvalue weighted by Crippen LogP contribution is 2.21. The number of hydrogen-bond acceptors (Lipinski definition) is 2. The largest absolute Gasteiger partial charge is 0.352 e. The van der Waals surface area contributed by atoms with Gasteiger partial charge in [-0.05, 0) is 67.9 Å². The monoisotopic (exact) mass is 366 g/mol. The first-order chi connectivity index (χ1) is 13.0. The van der Waals surface area contributed by atoms with Crippen LogP contribution in [0.5, 0.6) is 0 Å². The van der Waals surface area contributed by atoms with E-state index in [0.717, 1.165) is 55.7 Å². The molecule has 0 unspecified atom stereocenters. The van der Waals surface area contributed by atoms with E-state index in [0.29, 0.717) is 6.04 Å². The van der Waals surface area contributed by atoms with Gasteiger partial charge in [0.15, 0.2) is 0 Å². The molecule has 0 spiro atoms. The molecule has 1 aliphatic heterocycles. The van der Waals surface area contributed by atoms with Crippen molar-refractivity contribution in [1.82, 2.24) is 4.90 Å². The van der Waals surface area contributed by atoms with E-state index in [9.17, 15) is 4.39 Å². The molecule has 2 aromatic carbocycles. The first-order valence-corrected chi connectivity index (χ1v) is 10.2. The maximum absolute atomic E-state index is 14.5. The molecule has 27 heavy (non-hydrogen) atoms. The van der Waals surface area contributed by atoms with Crippen LogP contribution in [-0.2, 0) is 25.7 Å². The lowest BCUT2D eigenvalue weighted by Crippen LogP contribution is -2.34. The molecule has 144 valence electrons. The molecule has 0 radical (unpaired) electrons. The molecular weight excluding hydrogens is 335 g/mol. The minimum Gasteiger partial charge on any atom is -0.352 e. The highest BCUT2D eigenvalue weighted by molar-refractivity contribution is 6.00. The van der Waals surface area contributed by atoms with Gasteiger partial charge in [-0.15, -0.1) is 0 Å². The summed E-state index contributed by atoms with van der Waals surface area (Å²) >= 11 is 0. The van der Waals surface area contributed by atoms with Gasteiger partial charge in [0.1, 0.15) is 11.7 Å². The fraction of sp³-hybridized carbons (Fsp3) is 0.458.